The Balaban J connectivity index is 2.35. The summed E-state index contributed by atoms with van der Waals surface area (Å²) in [4.78, 5) is 0.172. The number of hydrogen-bond acceptors (Lipinski definition) is 4. The Labute approximate surface area is 112 Å². The maximum atomic E-state index is 12.2. The monoisotopic (exact) mass is 278 g/mol. The van der Waals surface area contributed by atoms with E-state index in [1.165, 1.54) is 30.3 Å². The van der Waals surface area contributed by atoms with Crippen molar-refractivity contribution in [3.63, 3.8) is 0 Å². The van der Waals surface area contributed by atoms with Gasteiger partial charge in [0.25, 0.3) is 0 Å². The molecule has 0 saturated carbocycles. The van der Waals surface area contributed by atoms with E-state index in [2.05, 4.69) is 0 Å². The van der Waals surface area contributed by atoms with Crippen molar-refractivity contribution < 1.29 is 17.7 Å². The van der Waals surface area contributed by atoms with Crippen molar-refractivity contribution >= 4 is 10.1 Å². The normalized spacial score (nSPS) is 11.2. The molecule has 0 saturated heterocycles. The summed E-state index contributed by atoms with van der Waals surface area (Å²) in [7, 11) is -3.85. The van der Waals surface area contributed by atoms with Crippen LogP contribution in [-0.4, -0.2) is 13.5 Å². The van der Waals surface area contributed by atoms with Crippen molar-refractivity contribution in [1.29, 1.82) is 0 Å². The summed E-state index contributed by atoms with van der Waals surface area (Å²) in [6.45, 7) is 1.88. The standard InChI is InChI=1S/C14H14O4S/c1-2-11-5-3-4-6-14(11)19(16,17)18-13-9-7-12(15)8-10-13/h3-10,15H,2H2,1H3. The Morgan fingerprint density at radius 3 is 2.32 bits per heavy atom. The van der Waals surface area contributed by atoms with Crippen LogP contribution in [0.25, 0.3) is 0 Å². The fraction of sp³-hybridized carbons (Fsp3) is 0.143. The van der Waals surface area contributed by atoms with Gasteiger partial charge < -0.3 is 9.29 Å². The highest BCUT2D eigenvalue weighted by molar-refractivity contribution is 7.87. The van der Waals surface area contributed by atoms with Crippen LogP contribution in [0.1, 0.15) is 12.5 Å². The number of rotatable bonds is 4. The van der Waals surface area contributed by atoms with E-state index in [1.807, 2.05) is 6.92 Å². The van der Waals surface area contributed by atoms with Gasteiger partial charge in [-0.05, 0) is 42.3 Å². The zero-order chi connectivity index (χ0) is 13.9. The molecule has 0 spiro atoms. The fourth-order valence-electron chi connectivity index (χ4n) is 1.71. The van der Waals surface area contributed by atoms with E-state index in [1.54, 1.807) is 18.2 Å². The lowest BCUT2D eigenvalue weighted by atomic mass is 10.2. The molecule has 0 aliphatic carbocycles. The van der Waals surface area contributed by atoms with Crippen molar-refractivity contribution in [3.8, 4) is 11.5 Å². The molecule has 2 aromatic rings. The first-order chi connectivity index (χ1) is 9.03. The summed E-state index contributed by atoms with van der Waals surface area (Å²) >= 11 is 0. The molecular weight excluding hydrogens is 264 g/mol. The van der Waals surface area contributed by atoms with E-state index in [0.29, 0.717) is 12.0 Å². The SMILES string of the molecule is CCc1ccccc1S(=O)(=O)Oc1ccc(O)cc1. The van der Waals surface area contributed by atoms with Crippen LogP contribution in [0.5, 0.6) is 11.5 Å². The second-order valence-corrected chi connectivity index (χ2v) is 5.51. The number of aromatic hydroxyl groups is 1. The van der Waals surface area contributed by atoms with E-state index in [0.717, 1.165) is 0 Å². The van der Waals surface area contributed by atoms with Crippen LogP contribution in [0.4, 0.5) is 0 Å². The van der Waals surface area contributed by atoms with Gasteiger partial charge in [-0.25, -0.2) is 0 Å². The summed E-state index contributed by atoms with van der Waals surface area (Å²) < 4.78 is 29.4. The molecule has 0 heterocycles. The zero-order valence-corrected chi connectivity index (χ0v) is 11.2. The molecule has 2 rings (SSSR count). The van der Waals surface area contributed by atoms with Gasteiger partial charge in [0.1, 0.15) is 16.4 Å². The molecule has 5 heteroatoms. The highest BCUT2D eigenvalue weighted by atomic mass is 32.2. The minimum absolute atomic E-state index is 0.0544. The van der Waals surface area contributed by atoms with Crippen LogP contribution in [0.2, 0.25) is 0 Å². The molecule has 0 unspecified atom stereocenters. The van der Waals surface area contributed by atoms with E-state index in [9.17, 15) is 8.42 Å². The lowest BCUT2D eigenvalue weighted by Crippen LogP contribution is -2.11. The van der Waals surface area contributed by atoms with Crippen molar-refractivity contribution in [1.82, 2.24) is 0 Å². The average molecular weight is 278 g/mol. The van der Waals surface area contributed by atoms with E-state index in [-0.39, 0.29) is 16.4 Å². The van der Waals surface area contributed by atoms with Gasteiger partial charge in [0, 0.05) is 0 Å². The first-order valence-electron chi connectivity index (χ1n) is 5.84. The number of aryl methyl sites for hydroxylation is 1. The van der Waals surface area contributed by atoms with Gasteiger partial charge in [-0.1, -0.05) is 25.1 Å². The molecule has 19 heavy (non-hydrogen) atoms. The quantitative estimate of drug-likeness (QED) is 0.873. The minimum Gasteiger partial charge on any atom is -0.508 e. The maximum absolute atomic E-state index is 12.2. The third kappa shape index (κ3) is 3.06. The average Bonchev–Trinajstić information content (AvgIpc) is 2.41. The molecule has 2 aromatic carbocycles. The molecule has 4 nitrogen and oxygen atoms in total. The van der Waals surface area contributed by atoms with Gasteiger partial charge in [0.05, 0.1) is 0 Å². The highest BCUT2D eigenvalue weighted by Gasteiger charge is 2.19. The fourth-order valence-corrected chi connectivity index (χ4v) is 2.95. The van der Waals surface area contributed by atoms with Gasteiger partial charge in [-0.2, -0.15) is 8.42 Å². The third-order valence-corrected chi connectivity index (χ3v) is 4.01. The molecule has 0 radical (unpaired) electrons. The Bertz CT molecular complexity index is 660. The number of benzene rings is 2. The number of phenols is 1. The largest absolute Gasteiger partial charge is 0.508 e. The van der Waals surface area contributed by atoms with Gasteiger partial charge in [-0.3, -0.25) is 0 Å². The highest BCUT2D eigenvalue weighted by Crippen LogP contribution is 2.23. The predicted octanol–water partition coefficient (Wildman–Crippen LogP) is 2.72. The zero-order valence-electron chi connectivity index (χ0n) is 10.4. The molecule has 0 atom stereocenters. The smallest absolute Gasteiger partial charge is 0.339 e. The van der Waals surface area contributed by atoms with Crippen LogP contribution in [0.3, 0.4) is 0 Å². The summed E-state index contributed by atoms with van der Waals surface area (Å²) in [5.41, 5.74) is 0.710. The summed E-state index contributed by atoms with van der Waals surface area (Å²) in [6, 6.07) is 12.3. The summed E-state index contributed by atoms with van der Waals surface area (Å²) in [5, 5.41) is 9.15. The molecular formula is C14H14O4S. The van der Waals surface area contributed by atoms with Crippen molar-refractivity contribution in [2.75, 3.05) is 0 Å². The molecule has 100 valence electrons. The van der Waals surface area contributed by atoms with Crippen LogP contribution in [-0.2, 0) is 16.5 Å². The lowest BCUT2D eigenvalue weighted by Gasteiger charge is -2.10. The Hall–Kier alpha value is -2.01. The Morgan fingerprint density at radius 1 is 1.05 bits per heavy atom. The second-order valence-electron chi connectivity index (χ2n) is 3.99. The number of hydrogen-bond donors (Lipinski definition) is 1. The van der Waals surface area contributed by atoms with Gasteiger partial charge in [-0.15, -0.1) is 0 Å². The number of phenolic OH excluding ortho intramolecular Hbond substituents is 1. The first kappa shape index (κ1) is 13.4. The van der Waals surface area contributed by atoms with E-state index >= 15 is 0 Å². The van der Waals surface area contributed by atoms with Crippen molar-refractivity contribution in [2.45, 2.75) is 18.2 Å². The van der Waals surface area contributed by atoms with Gasteiger partial charge in [0.15, 0.2) is 0 Å². The van der Waals surface area contributed by atoms with Crippen LogP contribution in [0.15, 0.2) is 53.4 Å². The molecule has 0 aromatic heterocycles. The first-order valence-corrected chi connectivity index (χ1v) is 7.25. The second kappa shape index (κ2) is 5.32. The van der Waals surface area contributed by atoms with Crippen molar-refractivity contribution in [3.05, 3.63) is 54.1 Å². The maximum Gasteiger partial charge on any atom is 0.339 e. The van der Waals surface area contributed by atoms with Gasteiger partial charge >= 0.3 is 10.1 Å². The van der Waals surface area contributed by atoms with Crippen LogP contribution >= 0.6 is 0 Å². The minimum atomic E-state index is -3.85. The molecule has 0 aliphatic rings. The van der Waals surface area contributed by atoms with Crippen LogP contribution < -0.4 is 4.18 Å². The Morgan fingerprint density at radius 2 is 1.68 bits per heavy atom. The van der Waals surface area contributed by atoms with E-state index < -0.39 is 10.1 Å². The summed E-state index contributed by atoms with van der Waals surface area (Å²) in [6.07, 6.45) is 0.605. The molecule has 0 bridgehead atoms. The van der Waals surface area contributed by atoms with Crippen LogP contribution in [0, 0.1) is 0 Å². The third-order valence-electron chi connectivity index (χ3n) is 2.67. The van der Waals surface area contributed by atoms with Crippen molar-refractivity contribution in [2.24, 2.45) is 0 Å². The molecule has 1 N–H and O–H groups in total. The Kier molecular flexibility index (Phi) is 3.76. The predicted molar refractivity (Wildman–Crippen MR) is 71.7 cm³/mol. The lowest BCUT2D eigenvalue weighted by molar-refractivity contribution is 0.468. The van der Waals surface area contributed by atoms with Gasteiger partial charge in [0.2, 0.25) is 0 Å². The summed E-state index contributed by atoms with van der Waals surface area (Å²) in [5.74, 6) is 0.224. The topological polar surface area (TPSA) is 63.6 Å². The molecule has 0 amide bonds. The molecule has 0 aliphatic heterocycles. The van der Waals surface area contributed by atoms with E-state index in [4.69, 9.17) is 9.29 Å². The molecule has 0 fully saturated rings.